The fourth-order valence-electron chi connectivity index (χ4n) is 1.78. The van der Waals surface area contributed by atoms with Crippen LogP contribution in [0.3, 0.4) is 0 Å². The monoisotopic (exact) mass is 206 g/mol. The van der Waals surface area contributed by atoms with Gasteiger partial charge in [-0.25, -0.2) is 0 Å². The van der Waals surface area contributed by atoms with Gasteiger partial charge < -0.3 is 5.11 Å². The molecule has 0 aliphatic carbocycles. The number of aromatic nitrogens is 1. The molecule has 5 nitrogen and oxygen atoms in total. The van der Waals surface area contributed by atoms with E-state index < -0.39 is 17.8 Å². The first kappa shape index (κ1) is 9.79. The molecule has 0 bridgehead atoms. The molecule has 0 saturated heterocycles. The molecule has 15 heavy (non-hydrogen) atoms. The zero-order chi connectivity index (χ0) is 11.0. The van der Waals surface area contributed by atoms with Crippen molar-refractivity contribution in [2.45, 2.75) is 12.6 Å². The van der Waals surface area contributed by atoms with E-state index in [4.69, 9.17) is 5.11 Å². The lowest BCUT2D eigenvalue weighted by Gasteiger charge is -2.28. The summed E-state index contributed by atoms with van der Waals surface area (Å²) < 4.78 is 0. The predicted molar refractivity (Wildman–Crippen MR) is 51.5 cm³/mol. The summed E-state index contributed by atoms with van der Waals surface area (Å²) >= 11 is 0. The molecule has 2 rings (SSSR count). The van der Waals surface area contributed by atoms with Crippen LogP contribution in [0.1, 0.15) is 16.1 Å². The molecule has 1 aliphatic heterocycles. The van der Waals surface area contributed by atoms with Crippen molar-refractivity contribution in [3.05, 3.63) is 29.6 Å². The third-order valence-corrected chi connectivity index (χ3v) is 2.47. The van der Waals surface area contributed by atoms with Gasteiger partial charge in [-0.1, -0.05) is 6.07 Å². The maximum atomic E-state index is 11.8. The Balaban J connectivity index is 2.47. The number of nitrogens with zero attached hydrogens (tertiary/aromatic N) is 2. The molecule has 1 aromatic rings. The lowest BCUT2D eigenvalue weighted by molar-refractivity contribution is -0.141. The number of carbonyl (C=O) groups is 2. The molecule has 0 aromatic carbocycles. The fraction of sp³-hybridized carbons (Fsp3) is 0.300. The number of hydrogen-bond donors (Lipinski definition) is 1. The summed E-state index contributed by atoms with van der Waals surface area (Å²) in [5.74, 6) is -1.56. The SMILES string of the molecule is CN1Cc2cccnc2C(=O)C1C(=O)O. The van der Waals surface area contributed by atoms with Crippen LogP contribution in [0.4, 0.5) is 0 Å². The molecule has 0 radical (unpaired) electrons. The second-order valence-electron chi connectivity index (χ2n) is 3.53. The van der Waals surface area contributed by atoms with Crippen molar-refractivity contribution in [1.82, 2.24) is 9.88 Å². The van der Waals surface area contributed by atoms with Gasteiger partial charge in [0.1, 0.15) is 5.69 Å². The van der Waals surface area contributed by atoms with Crippen LogP contribution in [0.5, 0.6) is 0 Å². The highest BCUT2D eigenvalue weighted by molar-refractivity contribution is 6.11. The molecule has 78 valence electrons. The summed E-state index contributed by atoms with van der Waals surface area (Å²) in [7, 11) is 1.62. The maximum Gasteiger partial charge on any atom is 0.329 e. The van der Waals surface area contributed by atoms with Crippen LogP contribution in [-0.4, -0.2) is 39.8 Å². The predicted octanol–water partition coefficient (Wildman–Crippen LogP) is 0.163. The fourth-order valence-corrected chi connectivity index (χ4v) is 1.78. The van der Waals surface area contributed by atoms with Crippen LogP contribution in [0, 0.1) is 0 Å². The van der Waals surface area contributed by atoms with E-state index in [1.54, 1.807) is 19.2 Å². The molecule has 1 unspecified atom stereocenters. The molecule has 0 saturated carbocycles. The van der Waals surface area contributed by atoms with Gasteiger partial charge in [-0.3, -0.25) is 19.5 Å². The first-order valence-electron chi connectivity index (χ1n) is 4.52. The van der Waals surface area contributed by atoms with Crippen LogP contribution in [0.15, 0.2) is 18.3 Å². The molecule has 0 amide bonds. The Labute approximate surface area is 86.3 Å². The standard InChI is InChI=1S/C10H10N2O3/c1-12-5-6-3-2-4-11-7(6)9(13)8(12)10(14)15/h2-4,8H,5H2,1H3,(H,14,15). The number of hydrogen-bond acceptors (Lipinski definition) is 4. The number of carboxylic acid groups (broad SMARTS) is 1. The lowest BCUT2D eigenvalue weighted by atomic mass is 9.98. The van der Waals surface area contributed by atoms with Gasteiger partial charge in [0, 0.05) is 12.7 Å². The number of carbonyl (C=O) groups excluding carboxylic acids is 1. The molecular weight excluding hydrogens is 196 g/mol. The molecule has 2 heterocycles. The summed E-state index contributed by atoms with van der Waals surface area (Å²) in [6.07, 6.45) is 1.50. The van der Waals surface area contributed by atoms with Gasteiger partial charge in [0.15, 0.2) is 6.04 Å². The van der Waals surface area contributed by atoms with E-state index in [-0.39, 0.29) is 5.69 Å². The number of fused-ring (bicyclic) bond motifs is 1. The van der Waals surface area contributed by atoms with Crippen molar-refractivity contribution >= 4 is 11.8 Å². The van der Waals surface area contributed by atoms with Gasteiger partial charge in [-0.15, -0.1) is 0 Å². The Morgan fingerprint density at radius 3 is 3.07 bits per heavy atom. The minimum Gasteiger partial charge on any atom is -0.480 e. The first-order chi connectivity index (χ1) is 7.11. The average Bonchev–Trinajstić information content (AvgIpc) is 2.17. The van der Waals surface area contributed by atoms with Gasteiger partial charge in [0.2, 0.25) is 5.78 Å². The van der Waals surface area contributed by atoms with Crippen molar-refractivity contribution in [3.8, 4) is 0 Å². The van der Waals surface area contributed by atoms with E-state index in [1.807, 2.05) is 0 Å². The quantitative estimate of drug-likeness (QED) is 0.663. The first-order valence-corrected chi connectivity index (χ1v) is 4.52. The van der Waals surface area contributed by atoms with Crippen LogP contribution in [0.25, 0.3) is 0 Å². The maximum absolute atomic E-state index is 11.8. The second-order valence-corrected chi connectivity index (χ2v) is 3.53. The van der Waals surface area contributed by atoms with Gasteiger partial charge >= 0.3 is 5.97 Å². The number of aliphatic carboxylic acids is 1. The van der Waals surface area contributed by atoms with E-state index in [0.717, 1.165) is 5.56 Å². The minimum atomic E-state index is -1.13. The zero-order valence-corrected chi connectivity index (χ0v) is 8.17. The Morgan fingerprint density at radius 1 is 1.67 bits per heavy atom. The van der Waals surface area contributed by atoms with Crippen LogP contribution in [0.2, 0.25) is 0 Å². The van der Waals surface area contributed by atoms with Gasteiger partial charge in [0.05, 0.1) is 0 Å². The Morgan fingerprint density at radius 2 is 2.40 bits per heavy atom. The van der Waals surface area contributed by atoms with Gasteiger partial charge in [0.25, 0.3) is 0 Å². The van der Waals surface area contributed by atoms with E-state index in [2.05, 4.69) is 4.98 Å². The van der Waals surface area contributed by atoms with Crippen molar-refractivity contribution in [2.24, 2.45) is 0 Å². The molecule has 0 fully saturated rings. The zero-order valence-electron chi connectivity index (χ0n) is 8.17. The molecule has 1 aliphatic rings. The van der Waals surface area contributed by atoms with Gasteiger partial charge in [-0.05, 0) is 18.7 Å². The largest absolute Gasteiger partial charge is 0.480 e. The third-order valence-electron chi connectivity index (χ3n) is 2.47. The lowest BCUT2D eigenvalue weighted by Crippen LogP contribution is -2.48. The molecule has 1 atom stereocenters. The Bertz CT molecular complexity index is 430. The Hall–Kier alpha value is -1.75. The number of likely N-dealkylation sites (N-methyl/N-ethyl adjacent to an activating group) is 1. The van der Waals surface area contributed by atoms with E-state index in [0.29, 0.717) is 6.54 Å². The molecule has 1 N–H and O–H groups in total. The van der Waals surface area contributed by atoms with Gasteiger partial charge in [-0.2, -0.15) is 0 Å². The highest BCUT2D eigenvalue weighted by Gasteiger charge is 2.37. The number of pyridine rings is 1. The summed E-state index contributed by atoms with van der Waals surface area (Å²) in [5.41, 5.74) is 1.06. The van der Waals surface area contributed by atoms with Crippen molar-refractivity contribution in [1.29, 1.82) is 0 Å². The summed E-state index contributed by atoms with van der Waals surface area (Å²) in [6, 6.07) is 2.42. The summed E-state index contributed by atoms with van der Waals surface area (Å²) in [4.78, 5) is 28.1. The summed E-state index contributed by atoms with van der Waals surface area (Å²) in [6.45, 7) is 0.436. The minimum absolute atomic E-state index is 0.281. The van der Waals surface area contributed by atoms with Crippen LogP contribution in [-0.2, 0) is 11.3 Å². The van der Waals surface area contributed by atoms with Crippen molar-refractivity contribution in [3.63, 3.8) is 0 Å². The van der Waals surface area contributed by atoms with E-state index in [9.17, 15) is 9.59 Å². The van der Waals surface area contributed by atoms with E-state index in [1.165, 1.54) is 11.1 Å². The highest BCUT2D eigenvalue weighted by Crippen LogP contribution is 2.19. The molecule has 5 heteroatoms. The normalized spacial score (nSPS) is 21.1. The topological polar surface area (TPSA) is 70.5 Å². The number of carboxylic acids is 1. The average molecular weight is 206 g/mol. The second kappa shape index (κ2) is 3.43. The number of Topliss-reactive ketones (excluding diaryl/α,β-unsaturated/α-hetero) is 1. The molecular formula is C10H10N2O3. The molecule has 1 aromatic heterocycles. The highest BCUT2D eigenvalue weighted by atomic mass is 16.4. The van der Waals surface area contributed by atoms with Crippen LogP contribution < -0.4 is 0 Å². The van der Waals surface area contributed by atoms with Crippen LogP contribution >= 0.6 is 0 Å². The van der Waals surface area contributed by atoms with Crippen molar-refractivity contribution < 1.29 is 14.7 Å². The number of ketones is 1. The van der Waals surface area contributed by atoms with Crippen molar-refractivity contribution in [2.75, 3.05) is 7.05 Å². The van der Waals surface area contributed by atoms with E-state index >= 15 is 0 Å². The number of rotatable bonds is 1. The molecule has 0 spiro atoms. The Kier molecular flexibility index (Phi) is 2.24. The smallest absolute Gasteiger partial charge is 0.329 e. The third kappa shape index (κ3) is 1.50. The summed E-state index contributed by atoms with van der Waals surface area (Å²) in [5, 5.41) is 8.91.